The number of para-hydroxylation sites is 1. The maximum atomic E-state index is 12.2. The molecule has 0 unspecified atom stereocenters. The Hall–Kier alpha value is -2.40. The fraction of sp³-hybridized carbons (Fsp3) is 0.188. The molecule has 0 spiro atoms. The lowest BCUT2D eigenvalue weighted by molar-refractivity contribution is 0.0950. The summed E-state index contributed by atoms with van der Waals surface area (Å²) in [5.41, 5.74) is 1.16. The summed E-state index contributed by atoms with van der Waals surface area (Å²) >= 11 is 5.88. The van der Waals surface area contributed by atoms with E-state index in [4.69, 9.17) is 21.1 Å². The van der Waals surface area contributed by atoms with Crippen molar-refractivity contribution in [2.45, 2.75) is 6.54 Å². The van der Waals surface area contributed by atoms with Crippen LogP contribution in [-0.2, 0) is 6.54 Å². The summed E-state index contributed by atoms with van der Waals surface area (Å²) in [5.74, 6) is 0.329. The summed E-state index contributed by atoms with van der Waals surface area (Å²) in [7, 11) is 2.97. The third kappa shape index (κ3) is 3.43. The van der Waals surface area contributed by atoms with E-state index in [0.717, 1.165) is 5.56 Å². The Labute approximate surface area is 133 Å². The minimum atomic E-state index is -0.328. The van der Waals surface area contributed by atoms with Crippen LogP contribution in [0.3, 0.4) is 0 Å². The largest absolute Gasteiger partial charge is 0.503 e. The Morgan fingerprint density at radius 1 is 1.18 bits per heavy atom. The topological polar surface area (TPSA) is 67.8 Å². The van der Waals surface area contributed by atoms with Gasteiger partial charge in [0.05, 0.1) is 19.2 Å². The average Bonchev–Trinajstić information content (AvgIpc) is 2.55. The number of methoxy groups -OCH3 is 2. The molecule has 0 radical (unpaired) electrons. The van der Waals surface area contributed by atoms with Gasteiger partial charge in [-0.2, -0.15) is 0 Å². The molecular formula is C16H16ClNO4. The molecule has 0 bridgehead atoms. The van der Waals surface area contributed by atoms with Gasteiger partial charge in [0.25, 0.3) is 5.91 Å². The number of rotatable bonds is 5. The second-order valence-corrected chi connectivity index (χ2v) is 4.91. The lowest BCUT2D eigenvalue weighted by Gasteiger charge is -2.11. The van der Waals surface area contributed by atoms with Crippen LogP contribution in [0, 0.1) is 0 Å². The lowest BCUT2D eigenvalue weighted by Crippen LogP contribution is -2.23. The molecule has 0 saturated carbocycles. The normalized spacial score (nSPS) is 10.1. The molecule has 2 aromatic rings. The van der Waals surface area contributed by atoms with E-state index in [1.54, 1.807) is 7.11 Å². The van der Waals surface area contributed by atoms with Gasteiger partial charge < -0.3 is 19.9 Å². The van der Waals surface area contributed by atoms with Gasteiger partial charge >= 0.3 is 0 Å². The molecule has 2 rings (SSSR count). The van der Waals surface area contributed by atoms with Gasteiger partial charge in [0.15, 0.2) is 11.5 Å². The maximum Gasteiger partial charge on any atom is 0.251 e. The van der Waals surface area contributed by atoms with Crippen molar-refractivity contribution in [3.05, 3.63) is 52.5 Å². The van der Waals surface area contributed by atoms with Gasteiger partial charge in [-0.15, -0.1) is 0 Å². The molecule has 0 aliphatic heterocycles. The predicted molar refractivity (Wildman–Crippen MR) is 83.8 cm³/mol. The number of phenols is 1. The van der Waals surface area contributed by atoms with Crippen LogP contribution in [-0.4, -0.2) is 25.2 Å². The van der Waals surface area contributed by atoms with Gasteiger partial charge in [0.1, 0.15) is 5.75 Å². The van der Waals surface area contributed by atoms with Crippen LogP contribution in [0.1, 0.15) is 15.9 Å². The zero-order chi connectivity index (χ0) is 16.1. The van der Waals surface area contributed by atoms with Crippen LogP contribution >= 0.6 is 11.6 Å². The number of benzene rings is 2. The summed E-state index contributed by atoms with van der Waals surface area (Å²) in [5, 5.41) is 12.5. The molecule has 0 fully saturated rings. The Bertz CT molecular complexity index is 688. The SMILES string of the molecule is COc1ccccc1CNC(=O)c1cc(Cl)c(O)c(OC)c1. The van der Waals surface area contributed by atoms with Crippen LogP contribution < -0.4 is 14.8 Å². The van der Waals surface area contributed by atoms with Crippen molar-refractivity contribution in [2.75, 3.05) is 14.2 Å². The number of hydrogen-bond donors (Lipinski definition) is 2. The molecule has 0 saturated heterocycles. The van der Waals surface area contributed by atoms with Crippen molar-refractivity contribution in [1.82, 2.24) is 5.32 Å². The molecule has 0 aliphatic rings. The minimum Gasteiger partial charge on any atom is -0.503 e. The van der Waals surface area contributed by atoms with Crippen molar-refractivity contribution < 1.29 is 19.4 Å². The van der Waals surface area contributed by atoms with Crippen LogP contribution in [0.25, 0.3) is 0 Å². The highest BCUT2D eigenvalue weighted by molar-refractivity contribution is 6.32. The van der Waals surface area contributed by atoms with Crippen LogP contribution in [0.4, 0.5) is 0 Å². The molecule has 0 atom stereocenters. The molecule has 22 heavy (non-hydrogen) atoms. The first kappa shape index (κ1) is 16.0. The molecule has 6 heteroatoms. The number of halogens is 1. The maximum absolute atomic E-state index is 12.2. The quantitative estimate of drug-likeness (QED) is 0.888. The highest BCUT2D eigenvalue weighted by Gasteiger charge is 2.14. The Kier molecular flexibility index (Phi) is 5.12. The molecule has 0 aromatic heterocycles. The van der Waals surface area contributed by atoms with Crippen molar-refractivity contribution >= 4 is 17.5 Å². The van der Waals surface area contributed by atoms with Crippen LogP contribution in [0.5, 0.6) is 17.2 Å². The van der Waals surface area contributed by atoms with Crippen molar-refractivity contribution in [2.24, 2.45) is 0 Å². The second kappa shape index (κ2) is 7.04. The van der Waals surface area contributed by atoms with E-state index in [1.807, 2.05) is 24.3 Å². The summed E-state index contributed by atoms with van der Waals surface area (Å²) in [6, 6.07) is 10.2. The van der Waals surface area contributed by atoms with Gasteiger partial charge in [-0.05, 0) is 18.2 Å². The monoisotopic (exact) mass is 321 g/mol. The van der Waals surface area contributed by atoms with E-state index < -0.39 is 0 Å². The minimum absolute atomic E-state index is 0.0572. The van der Waals surface area contributed by atoms with Crippen molar-refractivity contribution in [3.8, 4) is 17.2 Å². The zero-order valence-electron chi connectivity index (χ0n) is 12.2. The molecule has 2 N–H and O–H groups in total. The van der Waals surface area contributed by atoms with Gasteiger partial charge in [0, 0.05) is 17.7 Å². The number of aromatic hydroxyl groups is 1. The third-order valence-corrected chi connectivity index (χ3v) is 3.43. The standard InChI is InChI=1S/C16H16ClNO4/c1-21-13-6-4-3-5-10(13)9-18-16(20)11-7-12(17)15(19)14(8-11)22-2/h3-8,19H,9H2,1-2H3,(H,18,20). The molecule has 5 nitrogen and oxygen atoms in total. The molecule has 0 aliphatic carbocycles. The van der Waals surface area contributed by atoms with Gasteiger partial charge in [-0.3, -0.25) is 4.79 Å². The Morgan fingerprint density at radius 2 is 1.86 bits per heavy atom. The number of ether oxygens (including phenoxy) is 2. The number of amides is 1. The first-order chi connectivity index (χ1) is 10.6. The molecular weight excluding hydrogens is 306 g/mol. The van der Waals surface area contributed by atoms with E-state index in [0.29, 0.717) is 17.9 Å². The van der Waals surface area contributed by atoms with Gasteiger partial charge in [-0.25, -0.2) is 0 Å². The number of nitrogens with one attached hydrogen (secondary N) is 1. The lowest BCUT2D eigenvalue weighted by atomic mass is 10.1. The highest BCUT2D eigenvalue weighted by Crippen LogP contribution is 2.34. The van der Waals surface area contributed by atoms with E-state index in [-0.39, 0.29) is 22.4 Å². The smallest absolute Gasteiger partial charge is 0.251 e. The van der Waals surface area contributed by atoms with E-state index >= 15 is 0 Å². The van der Waals surface area contributed by atoms with E-state index in [9.17, 15) is 9.90 Å². The number of phenolic OH excluding ortho intramolecular Hbond substituents is 1. The molecule has 1 amide bonds. The first-order valence-electron chi connectivity index (χ1n) is 6.53. The van der Waals surface area contributed by atoms with Gasteiger partial charge in [0.2, 0.25) is 0 Å². The fourth-order valence-electron chi connectivity index (χ4n) is 1.99. The highest BCUT2D eigenvalue weighted by atomic mass is 35.5. The van der Waals surface area contributed by atoms with Crippen molar-refractivity contribution in [3.63, 3.8) is 0 Å². The second-order valence-electron chi connectivity index (χ2n) is 4.50. The summed E-state index contributed by atoms with van der Waals surface area (Å²) < 4.78 is 10.2. The Morgan fingerprint density at radius 3 is 2.55 bits per heavy atom. The molecule has 2 aromatic carbocycles. The molecule has 116 valence electrons. The number of hydrogen-bond acceptors (Lipinski definition) is 4. The number of carbonyl (C=O) groups is 1. The third-order valence-electron chi connectivity index (χ3n) is 3.14. The zero-order valence-corrected chi connectivity index (χ0v) is 13.0. The average molecular weight is 322 g/mol. The summed E-state index contributed by atoms with van der Waals surface area (Å²) in [6.45, 7) is 0.309. The van der Waals surface area contributed by atoms with Gasteiger partial charge in [-0.1, -0.05) is 29.8 Å². The van der Waals surface area contributed by atoms with E-state index in [1.165, 1.54) is 19.2 Å². The number of carbonyl (C=O) groups excluding carboxylic acids is 1. The summed E-state index contributed by atoms with van der Waals surface area (Å²) in [4.78, 5) is 12.2. The van der Waals surface area contributed by atoms with Crippen LogP contribution in [0.2, 0.25) is 5.02 Å². The molecule has 0 heterocycles. The fourth-order valence-corrected chi connectivity index (χ4v) is 2.20. The first-order valence-corrected chi connectivity index (χ1v) is 6.91. The predicted octanol–water partition coefficient (Wildman–Crippen LogP) is 2.99. The Balaban J connectivity index is 2.14. The summed E-state index contributed by atoms with van der Waals surface area (Å²) in [6.07, 6.45) is 0. The van der Waals surface area contributed by atoms with E-state index in [2.05, 4.69) is 5.32 Å². The van der Waals surface area contributed by atoms with Crippen molar-refractivity contribution in [1.29, 1.82) is 0 Å². The van der Waals surface area contributed by atoms with Crippen LogP contribution in [0.15, 0.2) is 36.4 Å².